The van der Waals surface area contributed by atoms with E-state index < -0.39 is 6.10 Å². The number of pyridine rings is 1. The standard InChI is InChI=1S/C16H28N2O2/c1-3-4-5-8-11-20-13-15(19)12-18-14(2)16-9-6-7-10-17-16/h6-7,9-10,14-15,18-19H,3-5,8,11-13H2,1-2H3/t14-,15?/m1/s1. The van der Waals surface area contributed by atoms with E-state index in [1.807, 2.05) is 25.1 Å². The highest BCUT2D eigenvalue weighted by molar-refractivity contribution is 5.07. The van der Waals surface area contributed by atoms with Crippen LogP contribution >= 0.6 is 0 Å². The third kappa shape index (κ3) is 7.58. The molecule has 1 aromatic heterocycles. The van der Waals surface area contributed by atoms with E-state index in [-0.39, 0.29) is 6.04 Å². The summed E-state index contributed by atoms with van der Waals surface area (Å²) in [6.07, 6.45) is 6.10. The fourth-order valence-corrected chi connectivity index (χ4v) is 1.96. The largest absolute Gasteiger partial charge is 0.389 e. The van der Waals surface area contributed by atoms with Gasteiger partial charge in [0.15, 0.2) is 0 Å². The van der Waals surface area contributed by atoms with Crippen molar-refractivity contribution in [2.24, 2.45) is 0 Å². The molecule has 4 heteroatoms. The molecule has 20 heavy (non-hydrogen) atoms. The molecule has 0 fully saturated rings. The first-order valence-corrected chi connectivity index (χ1v) is 7.64. The topological polar surface area (TPSA) is 54.4 Å². The van der Waals surface area contributed by atoms with Gasteiger partial charge in [-0.05, 0) is 25.5 Å². The molecule has 0 aromatic carbocycles. The van der Waals surface area contributed by atoms with Gasteiger partial charge >= 0.3 is 0 Å². The van der Waals surface area contributed by atoms with Gasteiger partial charge in [-0.25, -0.2) is 0 Å². The summed E-state index contributed by atoms with van der Waals surface area (Å²) in [4.78, 5) is 4.29. The van der Waals surface area contributed by atoms with E-state index in [0.29, 0.717) is 13.2 Å². The molecular formula is C16H28N2O2. The first-order chi connectivity index (χ1) is 9.74. The van der Waals surface area contributed by atoms with Crippen LogP contribution in [0, 0.1) is 0 Å². The third-order valence-electron chi connectivity index (χ3n) is 3.24. The Balaban J connectivity index is 2.06. The lowest BCUT2D eigenvalue weighted by Gasteiger charge is -2.17. The maximum atomic E-state index is 9.84. The van der Waals surface area contributed by atoms with Crippen LogP contribution < -0.4 is 5.32 Å². The molecule has 1 heterocycles. The molecule has 0 spiro atoms. The summed E-state index contributed by atoms with van der Waals surface area (Å²) in [7, 11) is 0. The van der Waals surface area contributed by atoms with Crippen molar-refractivity contribution < 1.29 is 9.84 Å². The Bertz CT molecular complexity index is 333. The lowest BCUT2D eigenvalue weighted by atomic mass is 10.2. The van der Waals surface area contributed by atoms with Crippen LogP contribution in [0.5, 0.6) is 0 Å². The van der Waals surface area contributed by atoms with Gasteiger partial charge in [-0.3, -0.25) is 4.98 Å². The van der Waals surface area contributed by atoms with Crippen LogP contribution in [-0.2, 0) is 4.74 Å². The van der Waals surface area contributed by atoms with Crippen LogP contribution in [0.3, 0.4) is 0 Å². The predicted octanol–water partition coefficient (Wildman–Crippen LogP) is 2.69. The van der Waals surface area contributed by atoms with Crippen LogP contribution in [0.4, 0.5) is 0 Å². The number of ether oxygens (including phenoxy) is 1. The number of aromatic nitrogens is 1. The van der Waals surface area contributed by atoms with Gasteiger partial charge in [-0.2, -0.15) is 0 Å². The predicted molar refractivity (Wildman–Crippen MR) is 81.6 cm³/mol. The molecule has 0 aliphatic heterocycles. The van der Waals surface area contributed by atoms with Crippen molar-refractivity contribution in [3.8, 4) is 0 Å². The van der Waals surface area contributed by atoms with E-state index in [1.165, 1.54) is 19.3 Å². The van der Waals surface area contributed by atoms with Crippen LogP contribution in [-0.4, -0.2) is 36.0 Å². The summed E-state index contributed by atoms with van der Waals surface area (Å²) in [6.45, 7) is 5.90. The minimum Gasteiger partial charge on any atom is -0.389 e. The van der Waals surface area contributed by atoms with Gasteiger partial charge in [0.2, 0.25) is 0 Å². The van der Waals surface area contributed by atoms with Crippen molar-refractivity contribution in [1.82, 2.24) is 10.3 Å². The number of rotatable bonds is 11. The number of aliphatic hydroxyl groups excluding tert-OH is 1. The van der Waals surface area contributed by atoms with Gasteiger partial charge in [-0.1, -0.05) is 32.3 Å². The SMILES string of the molecule is CCCCCCOCC(O)CN[C@H](C)c1ccccn1. The Morgan fingerprint density at radius 2 is 2.15 bits per heavy atom. The molecule has 1 aromatic rings. The molecule has 2 N–H and O–H groups in total. The van der Waals surface area contributed by atoms with E-state index in [0.717, 1.165) is 18.7 Å². The summed E-state index contributed by atoms with van der Waals surface area (Å²) >= 11 is 0. The summed E-state index contributed by atoms with van der Waals surface area (Å²) < 4.78 is 5.47. The molecule has 0 saturated heterocycles. The maximum absolute atomic E-state index is 9.84. The van der Waals surface area contributed by atoms with Gasteiger partial charge < -0.3 is 15.2 Å². The minimum atomic E-state index is -0.465. The van der Waals surface area contributed by atoms with Gasteiger partial charge in [0.25, 0.3) is 0 Å². The number of nitrogens with one attached hydrogen (secondary N) is 1. The van der Waals surface area contributed by atoms with Gasteiger partial charge in [0.05, 0.1) is 18.4 Å². The quantitative estimate of drug-likeness (QED) is 0.612. The molecule has 0 aliphatic carbocycles. The summed E-state index contributed by atoms with van der Waals surface area (Å²) in [6, 6.07) is 5.98. The molecule has 2 atom stereocenters. The normalized spacial score (nSPS) is 14.2. The van der Waals surface area contributed by atoms with Crippen molar-refractivity contribution in [1.29, 1.82) is 0 Å². The first-order valence-electron chi connectivity index (χ1n) is 7.64. The Kier molecular flexibility index (Phi) is 9.20. The number of hydrogen-bond donors (Lipinski definition) is 2. The summed E-state index contributed by atoms with van der Waals surface area (Å²) in [5.41, 5.74) is 0.986. The van der Waals surface area contributed by atoms with E-state index in [2.05, 4.69) is 17.2 Å². The van der Waals surface area contributed by atoms with Crippen LogP contribution in [0.2, 0.25) is 0 Å². The second kappa shape index (κ2) is 10.8. The number of hydrogen-bond acceptors (Lipinski definition) is 4. The first kappa shape index (κ1) is 17.1. The van der Waals surface area contributed by atoms with E-state index in [4.69, 9.17) is 4.74 Å². The molecule has 1 unspecified atom stereocenters. The average Bonchev–Trinajstić information content (AvgIpc) is 2.49. The van der Waals surface area contributed by atoms with Crippen molar-refractivity contribution >= 4 is 0 Å². The van der Waals surface area contributed by atoms with E-state index >= 15 is 0 Å². The number of unbranched alkanes of at least 4 members (excludes halogenated alkanes) is 3. The van der Waals surface area contributed by atoms with Crippen molar-refractivity contribution in [3.63, 3.8) is 0 Å². The third-order valence-corrected chi connectivity index (χ3v) is 3.24. The molecule has 0 aliphatic rings. The monoisotopic (exact) mass is 280 g/mol. The highest BCUT2D eigenvalue weighted by Gasteiger charge is 2.09. The second-order valence-corrected chi connectivity index (χ2v) is 5.17. The molecule has 0 radical (unpaired) electrons. The fraction of sp³-hybridized carbons (Fsp3) is 0.688. The smallest absolute Gasteiger partial charge is 0.0897 e. The summed E-state index contributed by atoms with van der Waals surface area (Å²) in [5, 5.41) is 13.1. The highest BCUT2D eigenvalue weighted by atomic mass is 16.5. The zero-order valence-corrected chi connectivity index (χ0v) is 12.7. The second-order valence-electron chi connectivity index (χ2n) is 5.17. The lowest BCUT2D eigenvalue weighted by Crippen LogP contribution is -2.32. The average molecular weight is 280 g/mol. The Morgan fingerprint density at radius 3 is 2.85 bits per heavy atom. The molecule has 0 bridgehead atoms. The molecule has 1 rings (SSSR count). The van der Waals surface area contributed by atoms with Crippen molar-refractivity contribution in [2.45, 2.75) is 51.7 Å². The molecule has 0 amide bonds. The van der Waals surface area contributed by atoms with Crippen molar-refractivity contribution in [2.75, 3.05) is 19.8 Å². The zero-order valence-electron chi connectivity index (χ0n) is 12.7. The zero-order chi connectivity index (χ0) is 14.6. The molecule has 114 valence electrons. The van der Waals surface area contributed by atoms with Crippen LogP contribution in [0.1, 0.15) is 51.3 Å². The van der Waals surface area contributed by atoms with E-state index in [1.54, 1.807) is 6.20 Å². The minimum absolute atomic E-state index is 0.135. The fourth-order valence-electron chi connectivity index (χ4n) is 1.96. The Labute approximate surface area is 122 Å². The summed E-state index contributed by atoms with van der Waals surface area (Å²) in [5.74, 6) is 0. The van der Waals surface area contributed by atoms with Crippen LogP contribution in [0.15, 0.2) is 24.4 Å². The Morgan fingerprint density at radius 1 is 1.30 bits per heavy atom. The highest BCUT2D eigenvalue weighted by Crippen LogP contribution is 2.07. The number of aliphatic hydroxyl groups is 1. The van der Waals surface area contributed by atoms with Gasteiger partial charge in [0.1, 0.15) is 0 Å². The van der Waals surface area contributed by atoms with E-state index in [9.17, 15) is 5.11 Å². The molecule has 4 nitrogen and oxygen atoms in total. The molecular weight excluding hydrogens is 252 g/mol. The number of nitrogens with zero attached hydrogens (tertiary/aromatic N) is 1. The Hall–Kier alpha value is -0.970. The lowest BCUT2D eigenvalue weighted by molar-refractivity contribution is 0.0343. The molecule has 0 saturated carbocycles. The van der Waals surface area contributed by atoms with Gasteiger partial charge in [0, 0.05) is 25.4 Å². The maximum Gasteiger partial charge on any atom is 0.0897 e. The van der Waals surface area contributed by atoms with Gasteiger partial charge in [-0.15, -0.1) is 0 Å². The van der Waals surface area contributed by atoms with Crippen molar-refractivity contribution in [3.05, 3.63) is 30.1 Å². The van der Waals surface area contributed by atoms with Crippen LogP contribution in [0.25, 0.3) is 0 Å².